The van der Waals surface area contributed by atoms with Crippen LogP contribution in [0.3, 0.4) is 0 Å². The van der Waals surface area contributed by atoms with Gasteiger partial charge in [-0.3, -0.25) is 4.79 Å². The van der Waals surface area contributed by atoms with Gasteiger partial charge >= 0.3 is 0 Å². The van der Waals surface area contributed by atoms with Crippen LogP contribution in [0.15, 0.2) is 0 Å². The van der Waals surface area contributed by atoms with Crippen molar-refractivity contribution >= 4 is 5.91 Å². The molecule has 1 amide bonds. The van der Waals surface area contributed by atoms with Crippen LogP contribution in [-0.2, 0) is 4.79 Å². The van der Waals surface area contributed by atoms with Crippen LogP contribution in [0, 0.1) is 11.8 Å². The average Bonchev–Trinajstić information content (AvgIpc) is 1.85. The van der Waals surface area contributed by atoms with Gasteiger partial charge in [-0.05, 0) is 12.3 Å². The van der Waals surface area contributed by atoms with Crippen LogP contribution in [0.4, 0.5) is 0 Å². The highest BCUT2D eigenvalue weighted by Gasteiger charge is 2.29. The molecule has 1 heterocycles. The van der Waals surface area contributed by atoms with Gasteiger partial charge in [-0.1, -0.05) is 20.8 Å². The van der Waals surface area contributed by atoms with E-state index in [1.54, 1.807) is 0 Å². The highest BCUT2D eigenvalue weighted by Crippen LogP contribution is 2.20. The van der Waals surface area contributed by atoms with E-state index in [9.17, 15) is 4.79 Å². The molecule has 0 unspecified atom stereocenters. The molecule has 1 fully saturated rings. The summed E-state index contributed by atoms with van der Waals surface area (Å²) in [6.07, 6.45) is 1.21. The van der Waals surface area contributed by atoms with Crippen molar-refractivity contribution in [3.63, 3.8) is 0 Å². The van der Waals surface area contributed by atoms with Crippen LogP contribution in [0.25, 0.3) is 0 Å². The molecule has 0 atom stereocenters. The van der Waals surface area contributed by atoms with E-state index in [0.29, 0.717) is 5.91 Å². The summed E-state index contributed by atoms with van der Waals surface area (Å²) in [6.45, 7) is 8.09. The standard InChI is InChI=1S/C9H17NO/c1-4-8-5-10(6-8)9(11)7(2)3/h7-8H,4-6H2,1-3H3. The normalized spacial score (nSPS) is 18.7. The van der Waals surface area contributed by atoms with E-state index in [1.807, 2.05) is 18.7 Å². The molecule has 0 bridgehead atoms. The summed E-state index contributed by atoms with van der Waals surface area (Å²) in [7, 11) is 0. The number of carbonyl (C=O) groups is 1. The van der Waals surface area contributed by atoms with E-state index in [0.717, 1.165) is 19.0 Å². The summed E-state index contributed by atoms with van der Waals surface area (Å²) in [4.78, 5) is 13.3. The molecule has 0 aromatic carbocycles. The first-order valence-electron chi connectivity index (χ1n) is 4.44. The second-order valence-corrected chi connectivity index (χ2v) is 3.67. The quantitative estimate of drug-likeness (QED) is 0.592. The van der Waals surface area contributed by atoms with Crippen molar-refractivity contribution in [2.75, 3.05) is 13.1 Å². The van der Waals surface area contributed by atoms with Crippen LogP contribution in [0.1, 0.15) is 27.2 Å². The maximum absolute atomic E-state index is 11.3. The van der Waals surface area contributed by atoms with Gasteiger partial charge in [-0.25, -0.2) is 0 Å². The molecule has 64 valence electrons. The van der Waals surface area contributed by atoms with E-state index in [4.69, 9.17) is 0 Å². The fraction of sp³-hybridized carbons (Fsp3) is 0.889. The molecule has 0 spiro atoms. The fourth-order valence-electron chi connectivity index (χ4n) is 1.37. The Kier molecular flexibility index (Phi) is 2.53. The Bertz CT molecular complexity index is 148. The number of carbonyl (C=O) groups excluding carboxylic acids is 1. The lowest BCUT2D eigenvalue weighted by molar-refractivity contribution is -0.140. The second-order valence-electron chi connectivity index (χ2n) is 3.67. The van der Waals surface area contributed by atoms with E-state index >= 15 is 0 Å². The zero-order valence-corrected chi connectivity index (χ0v) is 7.63. The topological polar surface area (TPSA) is 20.3 Å². The van der Waals surface area contributed by atoms with Crippen molar-refractivity contribution < 1.29 is 4.79 Å². The van der Waals surface area contributed by atoms with Crippen molar-refractivity contribution in [2.45, 2.75) is 27.2 Å². The zero-order valence-electron chi connectivity index (χ0n) is 7.63. The molecular formula is C9H17NO. The lowest BCUT2D eigenvalue weighted by Crippen LogP contribution is -2.51. The predicted octanol–water partition coefficient (Wildman–Crippen LogP) is 1.51. The zero-order chi connectivity index (χ0) is 8.43. The summed E-state index contributed by atoms with van der Waals surface area (Å²) in [5.41, 5.74) is 0. The van der Waals surface area contributed by atoms with Crippen LogP contribution in [-0.4, -0.2) is 23.9 Å². The minimum Gasteiger partial charge on any atom is -0.342 e. The Hall–Kier alpha value is -0.530. The SMILES string of the molecule is CCC1CN(C(=O)C(C)C)C1. The van der Waals surface area contributed by atoms with E-state index < -0.39 is 0 Å². The highest BCUT2D eigenvalue weighted by atomic mass is 16.2. The molecule has 0 aliphatic carbocycles. The monoisotopic (exact) mass is 155 g/mol. The predicted molar refractivity (Wildman–Crippen MR) is 45.2 cm³/mol. The summed E-state index contributed by atoms with van der Waals surface area (Å²) >= 11 is 0. The van der Waals surface area contributed by atoms with Gasteiger partial charge < -0.3 is 4.90 Å². The molecule has 2 nitrogen and oxygen atoms in total. The smallest absolute Gasteiger partial charge is 0.225 e. The number of hydrogen-bond acceptors (Lipinski definition) is 1. The highest BCUT2D eigenvalue weighted by molar-refractivity contribution is 5.78. The first kappa shape index (κ1) is 8.57. The maximum atomic E-state index is 11.3. The molecule has 0 radical (unpaired) electrons. The molecule has 1 aliphatic heterocycles. The molecule has 11 heavy (non-hydrogen) atoms. The van der Waals surface area contributed by atoms with Gasteiger partial charge in [-0.15, -0.1) is 0 Å². The van der Waals surface area contributed by atoms with Gasteiger partial charge in [-0.2, -0.15) is 0 Å². The van der Waals surface area contributed by atoms with E-state index in [2.05, 4.69) is 6.92 Å². The first-order valence-corrected chi connectivity index (χ1v) is 4.44. The first-order chi connectivity index (χ1) is 5.15. The number of hydrogen-bond donors (Lipinski definition) is 0. The number of rotatable bonds is 2. The largest absolute Gasteiger partial charge is 0.342 e. The third-order valence-electron chi connectivity index (χ3n) is 2.34. The molecule has 0 saturated carbocycles. The third kappa shape index (κ3) is 1.73. The molecule has 0 aromatic heterocycles. The second kappa shape index (κ2) is 3.24. The van der Waals surface area contributed by atoms with Gasteiger partial charge in [0.15, 0.2) is 0 Å². The molecular weight excluding hydrogens is 138 g/mol. The third-order valence-corrected chi connectivity index (χ3v) is 2.34. The van der Waals surface area contributed by atoms with Crippen LogP contribution in [0.5, 0.6) is 0 Å². The molecule has 1 rings (SSSR count). The van der Waals surface area contributed by atoms with Gasteiger partial charge in [0.2, 0.25) is 5.91 Å². The van der Waals surface area contributed by atoms with Gasteiger partial charge in [0, 0.05) is 19.0 Å². The molecule has 0 aromatic rings. The van der Waals surface area contributed by atoms with Gasteiger partial charge in [0.05, 0.1) is 0 Å². The molecule has 1 saturated heterocycles. The van der Waals surface area contributed by atoms with E-state index in [1.165, 1.54) is 6.42 Å². The minimum absolute atomic E-state index is 0.174. The Morgan fingerprint density at radius 3 is 2.45 bits per heavy atom. The number of nitrogens with zero attached hydrogens (tertiary/aromatic N) is 1. The molecule has 1 aliphatic rings. The fourth-order valence-corrected chi connectivity index (χ4v) is 1.37. The molecule has 0 N–H and O–H groups in total. The summed E-state index contributed by atoms with van der Waals surface area (Å²) in [5.74, 6) is 1.26. The summed E-state index contributed by atoms with van der Waals surface area (Å²) in [6, 6.07) is 0. The Labute approximate surface area is 68.6 Å². The van der Waals surface area contributed by atoms with Crippen LogP contribution in [0.2, 0.25) is 0 Å². The van der Waals surface area contributed by atoms with Crippen molar-refractivity contribution in [1.82, 2.24) is 4.90 Å². The molecule has 2 heteroatoms. The van der Waals surface area contributed by atoms with Gasteiger partial charge in [0.25, 0.3) is 0 Å². The van der Waals surface area contributed by atoms with Crippen molar-refractivity contribution in [3.8, 4) is 0 Å². The van der Waals surface area contributed by atoms with Gasteiger partial charge in [0.1, 0.15) is 0 Å². The van der Waals surface area contributed by atoms with Crippen molar-refractivity contribution in [3.05, 3.63) is 0 Å². The Morgan fingerprint density at radius 2 is 2.09 bits per heavy atom. The van der Waals surface area contributed by atoms with Crippen molar-refractivity contribution in [1.29, 1.82) is 0 Å². The average molecular weight is 155 g/mol. The number of amides is 1. The summed E-state index contributed by atoms with van der Waals surface area (Å²) < 4.78 is 0. The van der Waals surface area contributed by atoms with E-state index in [-0.39, 0.29) is 5.92 Å². The van der Waals surface area contributed by atoms with Crippen molar-refractivity contribution in [2.24, 2.45) is 11.8 Å². The van der Waals surface area contributed by atoms with Crippen LogP contribution >= 0.6 is 0 Å². The minimum atomic E-state index is 0.174. The lowest BCUT2D eigenvalue weighted by Gasteiger charge is -2.39. The van der Waals surface area contributed by atoms with Crippen LogP contribution < -0.4 is 0 Å². The lowest BCUT2D eigenvalue weighted by atomic mass is 9.96. The Balaban J connectivity index is 2.27. The number of likely N-dealkylation sites (tertiary alicyclic amines) is 1. The Morgan fingerprint density at radius 1 is 1.55 bits per heavy atom. The maximum Gasteiger partial charge on any atom is 0.225 e. The summed E-state index contributed by atoms with van der Waals surface area (Å²) in [5, 5.41) is 0.